The molecule has 1 aliphatic heterocycles. The molecule has 2 rings (SSSR count). The van der Waals surface area contributed by atoms with Crippen LogP contribution < -0.4 is 0 Å². The van der Waals surface area contributed by atoms with Crippen LogP contribution in [0.15, 0.2) is 0 Å². The van der Waals surface area contributed by atoms with Crippen LogP contribution in [0.5, 0.6) is 0 Å². The summed E-state index contributed by atoms with van der Waals surface area (Å²) < 4.78 is 26.4. The van der Waals surface area contributed by atoms with Gasteiger partial charge in [0.25, 0.3) is 0 Å². The summed E-state index contributed by atoms with van der Waals surface area (Å²) in [6.45, 7) is 2.61. The zero-order valence-electron chi connectivity index (χ0n) is 11.8. The predicted octanol–water partition coefficient (Wildman–Crippen LogP) is 2.34. The van der Waals surface area contributed by atoms with Crippen molar-refractivity contribution in [3.05, 3.63) is 0 Å². The van der Waals surface area contributed by atoms with Gasteiger partial charge in [0.1, 0.15) is 5.78 Å². The fourth-order valence-corrected chi connectivity index (χ4v) is 5.33. The predicted molar refractivity (Wildman–Crippen MR) is 75.4 cm³/mol. The summed E-state index contributed by atoms with van der Waals surface area (Å²) >= 11 is 0. The second-order valence-electron chi connectivity index (χ2n) is 5.81. The molecule has 19 heavy (non-hydrogen) atoms. The number of carbonyl (C=O) groups excluding carboxylic acids is 1. The number of sulfonamides is 1. The van der Waals surface area contributed by atoms with Gasteiger partial charge in [0.15, 0.2) is 0 Å². The lowest BCUT2D eigenvalue weighted by Gasteiger charge is -2.32. The van der Waals surface area contributed by atoms with Gasteiger partial charge in [-0.05, 0) is 32.1 Å². The summed E-state index contributed by atoms with van der Waals surface area (Å²) in [5.41, 5.74) is 0. The zero-order chi connectivity index (χ0) is 13.9. The first kappa shape index (κ1) is 15.0. The second kappa shape index (κ2) is 6.35. The smallest absolute Gasteiger partial charge is 0.214 e. The van der Waals surface area contributed by atoms with E-state index in [0.717, 1.165) is 38.5 Å². The van der Waals surface area contributed by atoms with Gasteiger partial charge in [-0.3, -0.25) is 4.79 Å². The normalized spacial score (nSPS) is 29.8. The molecule has 0 N–H and O–H groups in total. The molecule has 1 aliphatic carbocycles. The molecule has 2 unspecified atom stereocenters. The third kappa shape index (κ3) is 3.37. The van der Waals surface area contributed by atoms with Crippen LogP contribution in [0, 0.1) is 5.92 Å². The SMILES string of the molecule is CCCCS(=O)(=O)N1CCCC1C1CCCCC1=O. The van der Waals surface area contributed by atoms with Gasteiger partial charge in [-0.1, -0.05) is 19.8 Å². The lowest BCUT2D eigenvalue weighted by molar-refractivity contribution is -0.126. The number of rotatable bonds is 5. The van der Waals surface area contributed by atoms with Crippen molar-refractivity contribution in [1.29, 1.82) is 0 Å². The van der Waals surface area contributed by atoms with E-state index in [1.165, 1.54) is 0 Å². The van der Waals surface area contributed by atoms with E-state index in [4.69, 9.17) is 0 Å². The van der Waals surface area contributed by atoms with Gasteiger partial charge < -0.3 is 0 Å². The average Bonchev–Trinajstić information content (AvgIpc) is 2.87. The molecule has 1 saturated carbocycles. The number of unbranched alkanes of at least 4 members (excludes halogenated alkanes) is 1. The van der Waals surface area contributed by atoms with Crippen molar-refractivity contribution in [2.24, 2.45) is 5.92 Å². The molecule has 0 aromatic carbocycles. The van der Waals surface area contributed by atoms with Crippen molar-refractivity contribution >= 4 is 15.8 Å². The highest BCUT2D eigenvalue weighted by Gasteiger charge is 2.41. The Morgan fingerprint density at radius 1 is 1.21 bits per heavy atom. The maximum absolute atomic E-state index is 12.4. The fourth-order valence-electron chi connectivity index (χ4n) is 3.37. The van der Waals surface area contributed by atoms with E-state index in [1.54, 1.807) is 4.31 Å². The lowest BCUT2D eigenvalue weighted by Crippen LogP contribution is -2.44. The van der Waals surface area contributed by atoms with Crippen LogP contribution in [0.2, 0.25) is 0 Å². The molecule has 5 heteroatoms. The second-order valence-corrected chi connectivity index (χ2v) is 7.85. The summed E-state index contributed by atoms with van der Waals surface area (Å²) in [6.07, 6.45) is 6.93. The number of carbonyl (C=O) groups is 1. The molecule has 0 radical (unpaired) electrons. The number of hydrogen-bond acceptors (Lipinski definition) is 3. The minimum absolute atomic E-state index is 0.0346. The molecule has 2 aliphatic rings. The van der Waals surface area contributed by atoms with E-state index < -0.39 is 10.0 Å². The van der Waals surface area contributed by atoms with Gasteiger partial charge >= 0.3 is 0 Å². The molecule has 0 aromatic rings. The Hall–Kier alpha value is -0.420. The number of nitrogens with zero attached hydrogens (tertiary/aromatic N) is 1. The van der Waals surface area contributed by atoms with Crippen molar-refractivity contribution in [3.63, 3.8) is 0 Å². The van der Waals surface area contributed by atoms with Crippen LogP contribution in [0.25, 0.3) is 0 Å². The zero-order valence-corrected chi connectivity index (χ0v) is 12.6. The Kier molecular flexibility index (Phi) is 5.01. The number of ketones is 1. The Morgan fingerprint density at radius 2 is 2.00 bits per heavy atom. The van der Waals surface area contributed by atoms with Crippen LogP contribution in [-0.4, -0.2) is 36.8 Å². The average molecular weight is 287 g/mol. The number of hydrogen-bond donors (Lipinski definition) is 0. The molecule has 0 bridgehead atoms. The van der Waals surface area contributed by atoms with Gasteiger partial charge in [0.2, 0.25) is 10.0 Å². The minimum Gasteiger partial charge on any atom is -0.299 e. The van der Waals surface area contributed by atoms with Crippen molar-refractivity contribution in [3.8, 4) is 0 Å². The van der Waals surface area contributed by atoms with E-state index in [0.29, 0.717) is 19.4 Å². The summed E-state index contributed by atoms with van der Waals surface area (Å²) in [5, 5.41) is 0. The van der Waals surface area contributed by atoms with Crippen LogP contribution in [0.1, 0.15) is 58.3 Å². The van der Waals surface area contributed by atoms with Crippen molar-refractivity contribution in [1.82, 2.24) is 4.31 Å². The molecular formula is C14H25NO3S. The monoisotopic (exact) mass is 287 g/mol. The van der Waals surface area contributed by atoms with Gasteiger partial charge in [0, 0.05) is 24.9 Å². The van der Waals surface area contributed by atoms with Crippen molar-refractivity contribution in [2.45, 2.75) is 64.3 Å². The Morgan fingerprint density at radius 3 is 2.68 bits per heavy atom. The molecule has 1 heterocycles. The van der Waals surface area contributed by atoms with Crippen LogP contribution in [0.4, 0.5) is 0 Å². The number of Topliss-reactive ketones (excluding diaryl/α,β-unsaturated/α-hetero) is 1. The van der Waals surface area contributed by atoms with E-state index in [1.807, 2.05) is 6.92 Å². The third-order valence-corrected chi connectivity index (χ3v) is 6.40. The Labute approximate surface area is 116 Å². The molecule has 0 spiro atoms. The topological polar surface area (TPSA) is 54.5 Å². The molecular weight excluding hydrogens is 262 g/mol. The highest BCUT2D eigenvalue weighted by atomic mass is 32.2. The van der Waals surface area contributed by atoms with Crippen LogP contribution in [-0.2, 0) is 14.8 Å². The summed E-state index contributed by atoms with van der Waals surface area (Å²) in [7, 11) is -3.16. The first-order chi connectivity index (χ1) is 9.06. The summed E-state index contributed by atoms with van der Waals surface area (Å²) in [6, 6.07) is -0.0466. The van der Waals surface area contributed by atoms with E-state index >= 15 is 0 Å². The van der Waals surface area contributed by atoms with E-state index in [2.05, 4.69) is 0 Å². The highest BCUT2D eigenvalue weighted by molar-refractivity contribution is 7.89. The van der Waals surface area contributed by atoms with E-state index in [9.17, 15) is 13.2 Å². The molecule has 2 atom stereocenters. The Bertz CT molecular complexity index is 418. The van der Waals surface area contributed by atoms with Crippen LogP contribution >= 0.6 is 0 Å². The van der Waals surface area contributed by atoms with Crippen molar-refractivity contribution < 1.29 is 13.2 Å². The summed E-state index contributed by atoms with van der Waals surface area (Å²) in [4.78, 5) is 12.0. The van der Waals surface area contributed by atoms with Crippen molar-refractivity contribution in [2.75, 3.05) is 12.3 Å². The Balaban J connectivity index is 2.09. The first-order valence-electron chi connectivity index (χ1n) is 7.58. The van der Waals surface area contributed by atoms with Gasteiger partial charge in [-0.2, -0.15) is 4.31 Å². The molecule has 2 fully saturated rings. The quantitative estimate of drug-likeness (QED) is 0.780. The first-order valence-corrected chi connectivity index (χ1v) is 9.19. The van der Waals surface area contributed by atoms with Gasteiger partial charge in [-0.25, -0.2) is 8.42 Å². The van der Waals surface area contributed by atoms with Gasteiger partial charge in [-0.15, -0.1) is 0 Å². The molecule has 0 aromatic heterocycles. The molecule has 4 nitrogen and oxygen atoms in total. The third-order valence-electron chi connectivity index (χ3n) is 4.43. The lowest BCUT2D eigenvalue weighted by atomic mass is 9.82. The van der Waals surface area contributed by atoms with Crippen LogP contribution in [0.3, 0.4) is 0 Å². The molecule has 110 valence electrons. The summed E-state index contributed by atoms with van der Waals surface area (Å²) in [5.74, 6) is 0.488. The van der Waals surface area contributed by atoms with Gasteiger partial charge in [0.05, 0.1) is 5.75 Å². The minimum atomic E-state index is -3.16. The fraction of sp³-hybridized carbons (Fsp3) is 0.929. The largest absolute Gasteiger partial charge is 0.299 e. The molecule has 1 saturated heterocycles. The highest BCUT2D eigenvalue weighted by Crippen LogP contribution is 2.34. The maximum Gasteiger partial charge on any atom is 0.214 e. The standard InChI is InChI=1S/C14H25NO3S/c1-2-3-11-19(17,18)15-10-6-8-13(15)12-7-4-5-9-14(12)16/h12-13H,2-11H2,1H3. The maximum atomic E-state index is 12.4. The molecule has 0 amide bonds. The van der Waals surface area contributed by atoms with E-state index in [-0.39, 0.29) is 23.5 Å².